The number of anilines is 2. The molecule has 0 saturated carbocycles. The molecule has 0 spiro atoms. The number of nitrogens with one attached hydrogen (secondary N) is 2. The quantitative estimate of drug-likeness (QED) is 0.146. The van der Waals surface area contributed by atoms with Crippen molar-refractivity contribution in [1.82, 2.24) is 20.1 Å². The Labute approximate surface area is 231 Å². The van der Waals surface area contributed by atoms with Crippen molar-refractivity contribution in [3.8, 4) is 0 Å². The van der Waals surface area contributed by atoms with E-state index in [0.717, 1.165) is 45.7 Å². The average molecular weight is 522 g/mol. The molecule has 2 heterocycles. The molecule has 6 heteroatoms. The van der Waals surface area contributed by atoms with Crippen LogP contribution in [0.3, 0.4) is 0 Å². The van der Waals surface area contributed by atoms with E-state index >= 15 is 0 Å². The SMILES string of the molecule is C=C(C)CNC(=O)c1ccccc1Nc1ccc2c(/C=C/c3cc(C)ccn3)nn(C(C)CCCCC)c2c1. The van der Waals surface area contributed by atoms with Crippen LogP contribution in [0.1, 0.15) is 79.8 Å². The highest BCUT2D eigenvalue weighted by Crippen LogP contribution is 2.30. The molecular formula is C33H39N5O. The zero-order valence-electron chi connectivity index (χ0n) is 23.5. The van der Waals surface area contributed by atoms with E-state index < -0.39 is 0 Å². The fraction of sp³-hybridized carbons (Fsp3) is 0.303. The summed E-state index contributed by atoms with van der Waals surface area (Å²) in [4.78, 5) is 17.3. The number of amides is 1. The van der Waals surface area contributed by atoms with Crippen molar-refractivity contribution in [3.05, 3.63) is 95.5 Å². The van der Waals surface area contributed by atoms with Gasteiger partial charge in [0.25, 0.3) is 5.91 Å². The Morgan fingerprint density at radius 2 is 1.92 bits per heavy atom. The van der Waals surface area contributed by atoms with E-state index in [9.17, 15) is 4.79 Å². The van der Waals surface area contributed by atoms with Crippen LogP contribution in [0.2, 0.25) is 0 Å². The van der Waals surface area contributed by atoms with Crippen molar-refractivity contribution in [1.29, 1.82) is 0 Å². The topological polar surface area (TPSA) is 71.8 Å². The Bertz CT molecular complexity index is 1480. The minimum Gasteiger partial charge on any atom is -0.355 e. The third-order valence-electron chi connectivity index (χ3n) is 6.73. The lowest BCUT2D eigenvalue weighted by atomic mass is 10.1. The molecular weight excluding hydrogens is 482 g/mol. The van der Waals surface area contributed by atoms with Gasteiger partial charge in [-0.25, -0.2) is 0 Å². The highest BCUT2D eigenvalue weighted by molar-refractivity contribution is 6.01. The van der Waals surface area contributed by atoms with Gasteiger partial charge in [0, 0.05) is 29.9 Å². The summed E-state index contributed by atoms with van der Waals surface area (Å²) in [5, 5.41) is 12.5. The number of unbranched alkanes of at least 4 members (excludes halogenated alkanes) is 2. The van der Waals surface area contributed by atoms with Crippen molar-refractivity contribution in [2.45, 2.75) is 59.4 Å². The van der Waals surface area contributed by atoms with Crippen LogP contribution in [0.4, 0.5) is 11.4 Å². The second-order valence-corrected chi connectivity index (χ2v) is 10.3. The zero-order valence-corrected chi connectivity index (χ0v) is 23.5. The van der Waals surface area contributed by atoms with E-state index in [1.54, 1.807) is 0 Å². The van der Waals surface area contributed by atoms with Gasteiger partial charge >= 0.3 is 0 Å². The molecule has 4 aromatic rings. The van der Waals surface area contributed by atoms with E-state index in [4.69, 9.17) is 5.10 Å². The summed E-state index contributed by atoms with van der Waals surface area (Å²) in [5.74, 6) is -0.131. The average Bonchev–Trinajstić information content (AvgIpc) is 3.29. The molecule has 39 heavy (non-hydrogen) atoms. The predicted octanol–water partition coefficient (Wildman–Crippen LogP) is 8.10. The molecule has 1 atom stereocenters. The van der Waals surface area contributed by atoms with Gasteiger partial charge in [-0.1, -0.05) is 50.5 Å². The van der Waals surface area contributed by atoms with E-state index in [1.807, 2.05) is 61.7 Å². The first kappa shape index (κ1) is 27.8. The molecule has 4 rings (SSSR count). The number of carbonyl (C=O) groups excluding carboxylic acids is 1. The summed E-state index contributed by atoms with van der Waals surface area (Å²) in [7, 11) is 0. The maximum atomic E-state index is 12.8. The molecule has 0 aliphatic carbocycles. The maximum absolute atomic E-state index is 12.8. The molecule has 0 radical (unpaired) electrons. The van der Waals surface area contributed by atoms with Crippen molar-refractivity contribution in [2.75, 3.05) is 11.9 Å². The van der Waals surface area contributed by atoms with Gasteiger partial charge in [0.05, 0.1) is 28.2 Å². The van der Waals surface area contributed by atoms with Crippen molar-refractivity contribution in [2.24, 2.45) is 0 Å². The monoisotopic (exact) mass is 521 g/mol. The largest absolute Gasteiger partial charge is 0.355 e. The summed E-state index contributed by atoms with van der Waals surface area (Å²) < 4.78 is 2.14. The fourth-order valence-electron chi connectivity index (χ4n) is 4.60. The predicted molar refractivity (Wildman–Crippen MR) is 163 cm³/mol. The second-order valence-electron chi connectivity index (χ2n) is 10.3. The minimum atomic E-state index is -0.131. The van der Waals surface area contributed by atoms with E-state index in [2.05, 4.69) is 65.8 Å². The summed E-state index contributed by atoms with van der Waals surface area (Å²) in [6.07, 6.45) is 10.5. The lowest BCUT2D eigenvalue weighted by Gasteiger charge is -2.15. The molecule has 2 aromatic heterocycles. The van der Waals surface area contributed by atoms with Crippen LogP contribution >= 0.6 is 0 Å². The van der Waals surface area contributed by atoms with Crippen LogP contribution in [-0.4, -0.2) is 27.2 Å². The molecule has 6 nitrogen and oxygen atoms in total. The van der Waals surface area contributed by atoms with Gasteiger partial charge in [-0.05, 0) is 87.4 Å². The van der Waals surface area contributed by atoms with Crippen LogP contribution in [0.15, 0.2) is 72.9 Å². The molecule has 202 valence electrons. The highest BCUT2D eigenvalue weighted by atomic mass is 16.1. The standard InChI is InChI=1S/C33H39N5O/c1-6-7-8-11-25(5)38-32-21-27(36-30-13-10-9-12-29(30)33(39)35-22-23(2)3)14-16-28(32)31(37-38)17-15-26-20-24(4)18-19-34-26/h9-10,12-21,25,36H,2,6-8,11,22H2,1,3-5H3,(H,35,39)/b17-15+. The van der Waals surface area contributed by atoms with Gasteiger partial charge in [0.1, 0.15) is 0 Å². The van der Waals surface area contributed by atoms with Crippen molar-refractivity contribution in [3.63, 3.8) is 0 Å². The summed E-state index contributed by atoms with van der Waals surface area (Å²) in [6, 6.07) is 18.2. The Kier molecular flexibility index (Phi) is 9.31. The number of hydrogen-bond donors (Lipinski definition) is 2. The molecule has 2 N–H and O–H groups in total. The van der Waals surface area contributed by atoms with Gasteiger partial charge in [0.2, 0.25) is 0 Å². The highest BCUT2D eigenvalue weighted by Gasteiger charge is 2.16. The normalized spacial score (nSPS) is 12.1. The number of nitrogens with zero attached hydrogens (tertiary/aromatic N) is 3. The Morgan fingerprint density at radius 1 is 1.10 bits per heavy atom. The molecule has 0 aliphatic rings. The Balaban J connectivity index is 1.68. The number of para-hydroxylation sites is 1. The Morgan fingerprint density at radius 3 is 2.69 bits per heavy atom. The molecule has 0 bridgehead atoms. The van der Waals surface area contributed by atoms with Gasteiger partial charge in [-0.2, -0.15) is 5.10 Å². The first-order chi connectivity index (χ1) is 18.9. The molecule has 0 aliphatic heterocycles. The number of carbonyl (C=O) groups is 1. The van der Waals surface area contributed by atoms with Crippen LogP contribution in [0.5, 0.6) is 0 Å². The summed E-state index contributed by atoms with van der Waals surface area (Å²) in [6.45, 7) is 12.7. The molecule has 0 saturated heterocycles. The number of fused-ring (bicyclic) bond motifs is 1. The van der Waals surface area contributed by atoms with Crippen molar-refractivity contribution < 1.29 is 4.79 Å². The number of aromatic nitrogens is 3. The van der Waals surface area contributed by atoms with E-state index in [0.29, 0.717) is 12.1 Å². The first-order valence-electron chi connectivity index (χ1n) is 13.8. The second kappa shape index (κ2) is 13.1. The zero-order chi connectivity index (χ0) is 27.8. The Hall–Kier alpha value is -4.19. The lowest BCUT2D eigenvalue weighted by Crippen LogP contribution is -2.25. The van der Waals surface area contributed by atoms with Gasteiger partial charge in [-0.3, -0.25) is 14.5 Å². The summed E-state index contributed by atoms with van der Waals surface area (Å²) in [5.41, 5.74) is 7.22. The van der Waals surface area contributed by atoms with E-state index in [1.165, 1.54) is 24.8 Å². The number of hydrogen-bond acceptors (Lipinski definition) is 4. The molecule has 1 amide bonds. The fourth-order valence-corrected chi connectivity index (χ4v) is 4.60. The first-order valence-corrected chi connectivity index (χ1v) is 13.8. The van der Waals surface area contributed by atoms with Crippen LogP contribution in [0.25, 0.3) is 23.1 Å². The number of benzene rings is 2. The third kappa shape index (κ3) is 7.23. The van der Waals surface area contributed by atoms with Gasteiger partial charge in [-0.15, -0.1) is 0 Å². The van der Waals surface area contributed by atoms with Gasteiger partial charge < -0.3 is 10.6 Å². The maximum Gasteiger partial charge on any atom is 0.253 e. The third-order valence-corrected chi connectivity index (χ3v) is 6.73. The lowest BCUT2D eigenvalue weighted by molar-refractivity contribution is 0.0958. The van der Waals surface area contributed by atoms with Gasteiger partial charge in [0.15, 0.2) is 0 Å². The smallest absolute Gasteiger partial charge is 0.253 e. The summed E-state index contributed by atoms with van der Waals surface area (Å²) >= 11 is 0. The number of aryl methyl sites for hydroxylation is 1. The number of pyridine rings is 1. The van der Waals surface area contributed by atoms with Crippen LogP contribution in [-0.2, 0) is 0 Å². The molecule has 1 unspecified atom stereocenters. The van der Waals surface area contributed by atoms with Crippen molar-refractivity contribution >= 4 is 40.3 Å². The molecule has 0 fully saturated rings. The minimum absolute atomic E-state index is 0.131. The number of rotatable bonds is 12. The molecule has 2 aromatic carbocycles. The van der Waals surface area contributed by atoms with E-state index in [-0.39, 0.29) is 11.9 Å². The van der Waals surface area contributed by atoms with Crippen LogP contribution in [0, 0.1) is 6.92 Å². The van der Waals surface area contributed by atoms with Crippen LogP contribution < -0.4 is 10.6 Å².